The lowest BCUT2D eigenvalue weighted by atomic mass is 10.1. The first kappa shape index (κ1) is 17.4. The molecule has 1 aliphatic rings. The van der Waals surface area contributed by atoms with Crippen LogP contribution >= 0.6 is 27.7 Å². The SMILES string of the molecule is CC(Sc1ccc(Br)cc1)C(=O)N1CCN(C)c2ccccc2C1. The number of para-hydroxylation sites is 1. The van der Waals surface area contributed by atoms with Crippen LogP contribution < -0.4 is 4.90 Å². The number of carbonyl (C=O) groups excluding carboxylic acids is 1. The van der Waals surface area contributed by atoms with Crippen LogP contribution in [0, 0.1) is 0 Å². The van der Waals surface area contributed by atoms with Crippen molar-refractivity contribution in [3.05, 3.63) is 58.6 Å². The van der Waals surface area contributed by atoms with Gasteiger partial charge in [0.25, 0.3) is 0 Å². The molecule has 3 rings (SSSR count). The summed E-state index contributed by atoms with van der Waals surface area (Å²) in [5, 5.41) is -0.0956. The van der Waals surface area contributed by atoms with Crippen molar-refractivity contribution in [2.45, 2.75) is 23.6 Å². The van der Waals surface area contributed by atoms with Gasteiger partial charge in [-0.1, -0.05) is 34.1 Å². The molecule has 3 nitrogen and oxygen atoms in total. The largest absolute Gasteiger partial charge is 0.373 e. The number of anilines is 1. The van der Waals surface area contributed by atoms with Crippen molar-refractivity contribution in [3.8, 4) is 0 Å². The van der Waals surface area contributed by atoms with E-state index in [0.29, 0.717) is 6.54 Å². The minimum absolute atomic E-state index is 0.0956. The van der Waals surface area contributed by atoms with Crippen molar-refractivity contribution in [2.24, 2.45) is 0 Å². The van der Waals surface area contributed by atoms with E-state index in [1.807, 2.05) is 42.2 Å². The summed E-state index contributed by atoms with van der Waals surface area (Å²) in [6, 6.07) is 16.5. The Kier molecular flexibility index (Phi) is 5.51. The van der Waals surface area contributed by atoms with Gasteiger partial charge in [-0.3, -0.25) is 4.79 Å². The number of amides is 1. The summed E-state index contributed by atoms with van der Waals surface area (Å²) in [7, 11) is 2.09. The monoisotopic (exact) mass is 404 g/mol. The Morgan fingerprint density at radius 2 is 1.83 bits per heavy atom. The Labute approximate surface area is 156 Å². The molecule has 0 aliphatic carbocycles. The fraction of sp³-hybridized carbons (Fsp3) is 0.316. The molecule has 1 aliphatic heterocycles. The maximum absolute atomic E-state index is 12.9. The van der Waals surface area contributed by atoms with E-state index >= 15 is 0 Å². The van der Waals surface area contributed by atoms with E-state index in [-0.39, 0.29) is 11.2 Å². The molecule has 5 heteroatoms. The molecular formula is C19H21BrN2OS. The Hall–Kier alpha value is -1.46. The fourth-order valence-electron chi connectivity index (χ4n) is 2.91. The van der Waals surface area contributed by atoms with Crippen LogP contribution in [0.1, 0.15) is 12.5 Å². The van der Waals surface area contributed by atoms with Crippen molar-refractivity contribution in [1.82, 2.24) is 4.90 Å². The third-order valence-electron chi connectivity index (χ3n) is 4.26. The van der Waals surface area contributed by atoms with Gasteiger partial charge in [0.05, 0.1) is 5.25 Å². The molecule has 0 saturated heterocycles. The first-order valence-electron chi connectivity index (χ1n) is 8.04. The summed E-state index contributed by atoms with van der Waals surface area (Å²) in [5.41, 5.74) is 2.44. The highest BCUT2D eigenvalue weighted by Gasteiger charge is 2.25. The molecule has 2 aromatic carbocycles. The number of rotatable bonds is 3. The number of thioether (sulfide) groups is 1. The minimum atomic E-state index is -0.0956. The Balaban J connectivity index is 1.71. The number of fused-ring (bicyclic) bond motifs is 1. The Morgan fingerprint density at radius 3 is 2.58 bits per heavy atom. The van der Waals surface area contributed by atoms with Crippen LogP contribution in [0.2, 0.25) is 0 Å². The molecule has 2 aromatic rings. The van der Waals surface area contributed by atoms with Gasteiger partial charge in [0.1, 0.15) is 0 Å². The van der Waals surface area contributed by atoms with Gasteiger partial charge in [0, 0.05) is 41.7 Å². The van der Waals surface area contributed by atoms with Crippen molar-refractivity contribution < 1.29 is 4.79 Å². The summed E-state index contributed by atoms with van der Waals surface area (Å²) >= 11 is 5.06. The second kappa shape index (κ2) is 7.62. The van der Waals surface area contributed by atoms with Gasteiger partial charge in [0.15, 0.2) is 0 Å². The topological polar surface area (TPSA) is 23.6 Å². The number of carbonyl (C=O) groups is 1. The average Bonchev–Trinajstić information content (AvgIpc) is 2.76. The first-order chi connectivity index (χ1) is 11.5. The maximum atomic E-state index is 12.9. The molecule has 0 spiro atoms. The van der Waals surface area contributed by atoms with Crippen LogP contribution in [-0.4, -0.2) is 36.2 Å². The Morgan fingerprint density at radius 1 is 1.12 bits per heavy atom. The second-order valence-electron chi connectivity index (χ2n) is 6.02. The maximum Gasteiger partial charge on any atom is 0.236 e. The van der Waals surface area contributed by atoms with Gasteiger partial charge < -0.3 is 9.80 Å². The van der Waals surface area contributed by atoms with E-state index in [1.165, 1.54) is 11.3 Å². The van der Waals surface area contributed by atoms with Gasteiger partial charge in [-0.2, -0.15) is 0 Å². The highest BCUT2D eigenvalue weighted by Crippen LogP contribution is 2.28. The number of hydrogen-bond donors (Lipinski definition) is 0. The zero-order chi connectivity index (χ0) is 17.1. The summed E-state index contributed by atoms with van der Waals surface area (Å²) < 4.78 is 1.05. The molecule has 0 saturated carbocycles. The molecule has 1 atom stereocenters. The van der Waals surface area contributed by atoms with Gasteiger partial charge in [-0.05, 0) is 42.8 Å². The fourth-order valence-corrected chi connectivity index (χ4v) is 4.12. The lowest BCUT2D eigenvalue weighted by Gasteiger charge is -2.24. The first-order valence-corrected chi connectivity index (χ1v) is 9.72. The van der Waals surface area contributed by atoms with E-state index in [4.69, 9.17) is 0 Å². The van der Waals surface area contributed by atoms with E-state index in [9.17, 15) is 4.79 Å². The lowest BCUT2D eigenvalue weighted by molar-refractivity contribution is -0.130. The van der Waals surface area contributed by atoms with Crippen molar-refractivity contribution in [1.29, 1.82) is 0 Å². The third-order valence-corrected chi connectivity index (χ3v) is 5.88. The molecule has 1 unspecified atom stereocenters. The van der Waals surface area contributed by atoms with Gasteiger partial charge in [-0.15, -0.1) is 11.8 Å². The minimum Gasteiger partial charge on any atom is -0.373 e. The molecule has 1 heterocycles. The number of halogens is 1. The predicted molar refractivity (Wildman–Crippen MR) is 105 cm³/mol. The number of benzene rings is 2. The quantitative estimate of drug-likeness (QED) is 0.707. The van der Waals surface area contributed by atoms with Crippen LogP contribution in [0.4, 0.5) is 5.69 Å². The molecule has 0 N–H and O–H groups in total. The molecule has 126 valence electrons. The van der Waals surface area contributed by atoms with Crippen molar-refractivity contribution >= 4 is 39.3 Å². The van der Waals surface area contributed by atoms with Crippen LogP contribution in [0.3, 0.4) is 0 Å². The zero-order valence-electron chi connectivity index (χ0n) is 13.9. The van der Waals surface area contributed by atoms with E-state index < -0.39 is 0 Å². The van der Waals surface area contributed by atoms with Crippen LogP contribution in [-0.2, 0) is 11.3 Å². The van der Waals surface area contributed by atoms with Crippen LogP contribution in [0.15, 0.2) is 57.9 Å². The van der Waals surface area contributed by atoms with E-state index in [1.54, 1.807) is 11.8 Å². The third kappa shape index (κ3) is 3.95. The van der Waals surface area contributed by atoms with Crippen LogP contribution in [0.25, 0.3) is 0 Å². The van der Waals surface area contributed by atoms with Crippen molar-refractivity contribution in [3.63, 3.8) is 0 Å². The molecule has 1 amide bonds. The van der Waals surface area contributed by atoms with Crippen molar-refractivity contribution in [2.75, 3.05) is 25.0 Å². The molecule has 0 radical (unpaired) electrons. The number of likely N-dealkylation sites (N-methyl/N-ethyl adjacent to an activating group) is 1. The summed E-state index contributed by atoms with van der Waals surface area (Å²) in [6.07, 6.45) is 0. The smallest absolute Gasteiger partial charge is 0.236 e. The molecule has 24 heavy (non-hydrogen) atoms. The van der Waals surface area contributed by atoms with Gasteiger partial charge >= 0.3 is 0 Å². The average molecular weight is 405 g/mol. The van der Waals surface area contributed by atoms with Crippen LogP contribution in [0.5, 0.6) is 0 Å². The lowest BCUT2D eigenvalue weighted by Crippen LogP contribution is -2.38. The molecule has 0 aromatic heterocycles. The zero-order valence-corrected chi connectivity index (χ0v) is 16.3. The normalized spacial score (nSPS) is 15.6. The van der Waals surface area contributed by atoms with Gasteiger partial charge in [-0.25, -0.2) is 0 Å². The molecule has 0 fully saturated rings. The second-order valence-corrected chi connectivity index (χ2v) is 8.35. The predicted octanol–water partition coefficient (Wildman–Crippen LogP) is 4.41. The van der Waals surface area contributed by atoms with E-state index in [0.717, 1.165) is 22.5 Å². The number of nitrogens with zero attached hydrogens (tertiary/aromatic N) is 2. The summed E-state index contributed by atoms with van der Waals surface area (Å²) in [6.45, 7) is 4.30. The summed E-state index contributed by atoms with van der Waals surface area (Å²) in [4.78, 5) is 18.2. The standard InChI is InChI=1S/C19H21BrN2OS/c1-14(24-17-9-7-16(20)8-10-17)19(23)22-12-11-21(2)18-6-4-3-5-15(18)13-22/h3-10,14H,11-13H2,1-2H3. The van der Waals surface area contributed by atoms with Gasteiger partial charge in [0.2, 0.25) is 5.91 Å². The van der Waals surface area contributed by atoms with E-state index in [2.05, 4.69) is 46.1 Å². The summed E-state index contributed by atoms with van der Waals surface area (Å²) in [5.74, 6) is 0.202. The number of hydrogen-bond acceptors (Lipinski definition) is 3. The molecular weight excluding hydrogens is 384 g/mol. The molecule has 0 bridgehead atoms. The Bertz CT molecular complexity index is 720. The highest BCUT2D eigenvalue weighted by molar-refractivity contribution is 9.10. The highest BCUT2D eigenvalue weighted by atomic mass is 79.9.